The second-order valence-electron chi connectivity index (χ2n) is 35.7. The summed E-state index contributed by atoms with van der Waals surface area (Å²) in [4.78, 5) is 5.00. The molecule has 5 nitrogen and oxygen atoms in total. The van der Waals surface area contributed by atoms with Gasteiger partial charge in [0.1, 0.15) is 0 Å². The zero-order valence-electron chi connectivity index (χ0n) is 73.5. The summed E-state index contributed by atoms with van der Waals surface area (Å²) in [6, 6.07) is 88.6. The first kappa shape index (κ1) is 60.0. The Bertz CT molecular complexity index is 6870. The van der Waals surface area contributed by atoms with Gasteiger partial charge in [-0.2, -0.15) is 0 Å². The monoisotopic (exact) mass is 1430 g/mol. The van der Waals surface area contributed by atoms with Gasteiger partial charge in [0.05, 0.1) is 78.2 Å². The average Bonchev–Trinajstić information content (AvgIpc) is 1.08. The van der Waals surface area contributed by atoms with Crippen LogP contribution in [0.2, 0.25) is 0 Å². The molecule has 110 heavy (non-hydrogen) atoms. The molecule has 14 aromatic carbocycles. The second-order valence-corrected chi connectivity index (χ2v) is 35.7. The lowest BCUT2D eigenvalue weighted by Crippen LogP contribution is -2.30. The van der Waals surface area contributed by atoms with Gasteiger partial charge < -0.3 is 23.5 Å². The van der Waals surface area contributed by atoms with Crippen LogP contribution in [0, 0.1) is 0 Å². The van der Waals surface area contributed by atoms with Crippen LogP contribution in [0.5, 0.6) is 0 Å². The van der Waals surface area contributed by atoms with E-state index in [0.29, 0.717) is 5.69 Å². The molecule has 0 N–H and O–H groups in total. The van der Waals surface area contributed by atoms with Crippen molar-refractivity contribution in [3.05, 3.63) is 342 Å². The summed E-state index contributed by atoms with van der Waals surface area (Å²) in [6.07, 6.45) is 0. The van der Waals surface area contributed by atoms with E-state index in [1.54, 1.807) is 4.57 Å². The third-order valence-corrected chi connectivity index (χ3v) is 23.4. The summed E-state index contributed by atoms with van der Waals surface area (Å²) in [7, 11) is 0. The van der Waals surface area contributed by atoms with Gasteiger partial charge in [-0.25, -0.2) is 0 Å². The standard InChI is InChI=1S/C105H95N5/c1-101(2,3)71-46-51-89-85(60-71)86-61-72(102(4,5)6)47-52-90(86)109(89)91-43-29-39-81-82-40-30-44-92(100(82)108(99(81)91)76-35-23-18-24-36-76)110-93-58-67(70-54-73(103(7,8)9)59-74(55-70)104(10,11)12)45-49-83(93)97-84-50-48-77(106-87-41-27-25-37-79(87)80-38-26-28-42-88(80)106)64-94(84)107(95-62-75(105(13,14)15)63-96(110)98(95)97)78-56-68(65-31-19-16-20-32-65)53-69(57-78)66-33-21-17-22-34-66/h16-64,97H,1-15H3/i25D,26D,27D,28D,37D,38D,41D,42D. The Morgan fingerprint density at radius 3 is 1.23 bits per heavy atom. The van der Waals surface area contributed by atoms with Crippen LogP contribution in [0.3, 0.4) is 0 Å². The molecule has 3 aromatic heterocycles. The van der Waals surface area contributed by atoms with Crippen LogP contribution >= 0.6 is 0 Å². The van der Waals surface area contributed by atoms with Crippen LogP contribution in [-0.4, -0.2) is 13.7 Å². The molecule has 0 saturated heterocycles. The summed E-state index contributed by atoms with van der Waals surface area (Å²) >= 11 is 0. The van der Waals surface area contributed by atoms with Crippen molar-refractivity contribution < 1.29 is 11.0 Å². The van der Waals surface area contributed by atoms with E-state index >= 15 is 0 Å². The Labute approximate surface area is 659 Å². The van der Waals surface area contributed by atoms with Crippen LogP contribution in [-0.2, 0) is 27.1 Å². The molecule has 2 aliphatic heterocycles. The Morgan fingerprint density at radius 1 is 0.245 bits per heavy atom. The number of para-hydroxylation sites is 5. The molecule has 1 unspecified atom stereocenters. The number of rotatable bonds is 8. The minimum Gasteiger partial charge on any atom is -0.310 e. The van der Waals surface area contributed by atoms with Crippen LogP contribution in [0.1, 0.15) is 165 Å². The predicted octanol–water partition coefficient (Wildman–Crippen LogP) is 29.2. The van der Waals surface area contributed by atoms with Crippen molar-refractivity contribution in [3.8, 4) is 50.4 Å². The number of aromatic nitrogens is 3. The summed E-state index contributed by atoms with van der Waals surface area (Å²) in [5.74, 6) is -0.469. The average molecular weight is 1430 g/mol. The van der Waals surface area contributed by atoms with E-state index in [1.807, 2.05) is 18.2 Å². The summed E-state index contributed by atoms with van der Waals surface area (Å²) in [5, 5.41) is 4.65. The highest BCUT2D eigenvalue weighted by Crippen LogP contribution is 2.63. The largest absolute Gasteiger partial charge is 0.310 e. The quantitative estimate of drug-likeness (QED) is 0.151. The molecular formula is C105H95N5. The molecule has 5 heterocycles. The lowest BCUT2D eigenvalue weighted by atomic mass is 9.73. The van der Waals surface area contributed by atoms with Crippen molar-refractivity contribution in [3.63, 3.8) is 0 Å². The number of fused-ring (bicyclic) bond motifs is 13. The van der Waals surface area contributed by atoms with Gasteiger partial charge in [-0.3, -0.25) is 0 Å². The topological polar surface area (TPSA) is 21.3 Å². The molecule has 0 bridgehead atoms. The SMILES string of the molecule is [2H]c1c([2H])c([2H])c2c(c1[2H])c1c([2H])c([2H])c([2H])c([2H])c1n2-c1ccc2c(c1)N(c1cc(-c3ccccc3)cc(-c3ccccc3)c1)c1cc(C(C)(C)C)cc3c1C2c1ccc(-c2cc(C(C)(C)C)cc(C(C)(C)C)c2)cc1N3c1cccc2c3cccc(-n4c5ccc(C(C)(C)C)cc5c5cc(C(C)(C)C)ccc54)c3n(-c3ccccc3)c12. The first-order chi connectivity index (χ1) is 56.0. The van der Waals surface area contributed by atoms with E-state index in [4.69, 9.17) is 2.74 Å². The highest BCUT2D eigenvalue weighted by atomic mass is 15.2. The Morgan fingerprint density at radius 2 is 0.700 bits per heavy atom. The number of hydrogen-bond acceptors (Lipinski definition) is 2. The van der Waals surface area contributed by atoms with E-state index < -0.39 is 35.5 Å². The van der Waals surface area contributed by atoms with Gasteiger partial charge in [-0.05, 0) is 209 Å². The molecule has 0 fully saturated rings. The zero-order valence-corrected chi connectivity index (χ0v) is 65.5. The first-order valence-corrected chi connectivity index (χ1v) is 38.8. The van der Waals surface area contributed by atoms with Gasteiger partial charge in [0.25, 0.3) is 0 Å². The maximum absolute atomic E-state index is 9.82. The van der Waals surface area contributed by atoms with Gasteiger partial charge in [0.15, 0.2) is 0 Å². The van der Waals surface area contributed by atoms with Gasteiger partial charge in [-0.15, -0.1) is 0 Å². The minimum atomic E-state index is -0.494. The number of hydrogen-bond donors (Lipinski definition) is 0. The Kier molecular flexibility index (Phi) is 13.5. The van der Waals surface area contributed by atoms with Crippen molar-refractivity contribution in [1.29, 1.82) is 0 Å². The fourth-order valence-corrected chi connectivity index (χ4v) is 17.4. The smallest absolute Gasteiger partial charge is 0.0783 e. The molecule has 0 aliphatic carbocycles. The lowest BCUT2D eigenvalue weighted by Gasteiger charge is -2.46. The van der Waals surface area contributed by atoms with E-state index in [1.165, 1.54) is 33.0 Å². The highest BCUT2D eigenvalue weighted by molar-refractivity contribution is 6.19. The molecule has 17 aromatic rings. The fraction of sp³-hybridized carbons (Fsp3) is 0.200. The second kappa shape index (κ2) is 24.8. The van der Waals surface area contributed by atoms with Crippen molar-refractivity contribution in [2.45, 2.75) is 137 Å². The van der Waals surface area contributed by atoms with Crippen molar-refractivity contribution in [2.24, 2.45) is 0 Å². The van der Waals surface area contributed by atoms with Crippen LogP contribution in [0.15, 0.2) is 297 Å². The van der Waals surface area contributed by atoms with Gasteiger partial charge in [0, 0.05) is 60.9 Å². The lowest BCUT2D eigenvalue weighted by molar-refractivity contribution is 0.569. The maximum Gasteiger partial charge on any atom is 0.0783 e. The van der Waals surface area contributed by atoms with Crippen LogP contribution < -0.4 is 9.80 Å². The van der Waals surface area contributed by atoms with E-state index in [0.717, 1.165) is 134 Å². The summed E-state index contributed by atoms with van der Waals surface area (Å²) < 4.78 is 82.2. The fourth-order valence-electron chi connectivity index (χ4n) is 17.4. The minimum absolute atomic E-state index is 0.0175. The molecule has 5 heteroatoms. The van der Waals surface area contributed by atoms with Gasteiger partial charge in [-0.1, -0.05) is 292 Å². The molecule has 19 rings (SSSR count). The van der Waals surface area contributed by atoms with E-state index in [2.05, 4.69) is 353 Å². The Balaban J connectivity index is 0.972. The number of anilines is 6. The highest BCUT2D eigenvalue weighted by Gasteiger charge is 2.44. The summed E-state index contributed by atoms with van der Waals surface area (Å²) in [5.41, 5.74) is 26.8. The van der Waals surface area contributed by atoms with Crippen LogP contribution in [0.25, 0.3) is 116 Å². The molecule has 0 amide bonds. The molecule has 0 radical (unpaired) electrons. The zero-order chi connectivity index (χ0) is 82.8. The first-order valence-electron chi connectivity index (χ1n) is 42.8. The molecular weight excluding hydrogens is 1330 g/mol. The molecule has 0 spiro atoms. The van der Waals surface area contributed by atoms with Crippen molar-refractivity contribution in [2.75, 3.05) is 9.80 Å². The third kappa shape index (κ3) is 11.1. The van der Waals surface area contributed by atoms with Crippen molar-refractivity contribution in [1.82, 2.24) is 13.7 Å². The van der Waals surface area contributed by atoms with E-state index in [9.17, 15) is 8.22 Å². The summed E-state index contributed by atoms with van der Waals surface area (Å²) in [6.45, 7) is 34.5. The number of nitrogens with zero attached hydrogens (tertiary/aromatic N) is 5. The predicted molar refractivity (Wildman–Crippen MR) is 470 cm³/mol. The van der Waals surface area contributed by atoms with E-state index in [-0.39, 0.29) is 67.6 Å². The molecule has 1 atom stereocenters. The van der Waals surface area contributed by atoms with Gasteiger partial charge in [0.2, 0.25) is 0 Å². The third-order valence-electron chi connectivity index (χ3n) is 23.4. The molecule has 2 aliphatic rings. The van der Waals surface area contributed by atoms with Crippen LogP contribution in [0.4, 0.5) is 34.1 Å². The maximum atomic E-state index is 9.82. The molecule has 540 valence electrons. The molecule has 0 saturated carbocycles. The Hall–Kier alpha value is -11.9. The van der Waals surface area contributed by atoms with Crippen molar-refractivity contribution >= 4 is 99.5 Å². The number of benzene rings is 14. The normalized spacial score (nSPS) is 15.0. The van der Waals surface area contributed by atoms with Gasteiger partial charge >= 0.3 is 0 Å².